The molecular weight excluding hydrogens is 298 g/mol. The van der Waals surface area contributed by atoms with Crippen LogP contribution in [0.5, 0.6) is 0 Å². The fraction of sp³-hybridized carbons (Fsp3) is 0.471. The molecular formula is C17H24ClN3O. The van der Waals surface area contributed by atoms with Gasteiger partial charge in [-0.2, -0.15) is 0 Å². The molecule has 1 aromatic heterocycles. The minimum absolute atomic E-state index is 0. The summed E-state index contributed by atoms with van der Waals surface area (Å²) < 4.78 is 5.47. The van der Waals surface area contributed by atoms with E-state index in [9.17, 15) is 0 Å². The van der Waals surface area contributed by atoms with Gasteiger partial charge in [0.25, 0.3) is 0 Å². The zero-order chi connectivity index (χ0) is 14.5. The Balaban J connectivity index is 0.00000176. The number of hydrogen-bond acceptors (Lipinski definition) is 4. The Morgan fingerprint density at radius 1 is 1.27 bits per heavy atom. The maximum absolute atomic E-state index is 5.68. The summed E-state index contributed by atoms with van der Waals surface area (Å²) in [6.07, 6.45) is 3.69. The number of piperidine rings is 1. The van der Waals surface area contributed by atoms with Crippen LogP contribution in [-0.2, 0) is 6.54 Å². The maximum atomic E-state index is 5.68. The van der Waals surface area contributed by atoms with Gasteiger partial charge in [-0.05, 0) is 38.3 Å². The monoisotopic (exact) mass is 321 g/mol. The largest absolute Gasteiger partial charge is 0.356 e. The normalized spacial score (nSPS) is 18.9. The Morgan fingerprint density at radius 2 is 2.09 bits per heavy atom. The molecule has 120 valence electrons. The number of rotatable bonds is 5. The van der Waals surface area contributed by atoms with E-state index in [4.69, 9.17) is 10.3 Å². The lowest BCUT2D eigenvalue weighted by Crippen LogP contribution is -2.35. The molecule has 1 saturated heterocycles. The molecule has 1 aromatic carbocycles. The number of nitrogens with two attached hydrogens (primary N) is 1. The van der Waals surface area contributed by atoms with Crippen molar-refractivity contribution in [3.8, 4) is 11.3 Å². The van der Waals surface area contributed by atoms with Crippen LogP contribution in [0, 0.1) is 5.92 Å². The van der Waals surface area contributed by atoms with Gasteiger partial charge in [0.05, 0.1) is 5.69 Å². The molecule has 22 heavy (non-hydrogen) atoms. The second-order valence-electron chi connectivity index (χ2n) is 5.87. The van der Waals surface area contributed by atoms with Crippen molar-refractivity contribution < 1.29 is 4.52 Å². The van der Waals surface area contributed by atoms with E-state index in [1.807, 2.05) is 30.3 Å². The standard InChI is InChI=1S/C17H23N3O.ClH/c18-9-8-14-5-4-10-20(12-14)13-16-11-17(21-19-16)15-6-2-1-3-7-15;/h1-3,6-7,11,14H,4-5,8-10,12-13,18H2;1H. The molecule has 2 N–H and O–H groups in total. The third-order valence-electron chi connectivity index (χ3n) is 4.18. The number of likely N-dealkylation sites (tertiary alicyclic amines) is 1. The molecule has 1 atom stereocenters. The highest BCUT2D eigenvalue weighted by atomic mass is 35.5. The number of halogens is 1. The molecule has 4 nitrogen and oxygen atoms in total. The summed E-state index contributed by atoms with van der Waals surface area (Å²) in [4.78, 5) is 2.47. The zero-order valence-corrected chi connectivity index (χ0v) is 13.6. The minimum Gasteiger partial charge on any atom is -0.356 e. The summed E-state index contributed by atoms with van der Waals surface area (Å²) in [6.45, 7) is 3.94. The topological polar surface area (TPSA) is 55.3 Å². The van der Waals surface area contributed by atoms with Gasteiger partial charge < -0.3 is 10.3 Å². The van der Waals surface area contributed by atoms with Crippen LogP contribution in [0.4, 0.5) is 0 Å². The number of hydrogen-bond donors (Lipinski definition) is 1. The van der Waals surface area contributed by atoms with Crippen LogP contribution < -0.4 is 5.73 Å². The third kappa shape index (κ3) is 4.32. The average Bonchev–Trinajstić information content (AvgIpc) is 2.97. The van der Waals surface area contributed by atoms with Crippen molar-refractivity contribution in [1.29, 1.82) is 0 Å². The van der Waals surface area contributed by atoms with Crippen LogP contribution in [0.1, 0.15) is 25.0 Å². The Kier molecular flexibility index (Phi) is 6.43. The Labute approximate surface area is 138 Å². The average molecular weight is 322 g/mol. The second kappa shape index (κ2) is 8.32. The van der Waals surface area contributed by atoms with E-state index in [0.717, 1.165) is 55.5 Å². The van der Waals surface area contributed by atoms with Crippen molar-refractivity contribution in [3.63, 3.8) is 0 Å². The summed E-state index contributed by atoms with van der Waals surface area (Å²) in [5.74, 6) is 1.59. The van der Waals surface area contributed by atoms with Gasteiger partial charge in [-0.25, -0.2) is 0 Å². The molecule has 0 saturated carbocycles. The lowest BCUT2D eigenvalue weighted by molar-refractivity contribution is 0.159. The molecule has 1 fully saturated rings. The molecule has 1 aliphatic heterocycles. The van der Waals surface area contributed by atoms with Crippen LogP contribution >= 0.6 is 12.4 Å². The molecule has 2 heterocycles. The number of aromatic nitrogens is 1. The highest BCUT2D eigenvalue weighted by molar-refractivity contribution is 5.85. The highest BCUT2D eigenvalue weighted by Crippen LogP contribution is 2.23. The van der Waals surface area contributed by atoms with Crippen molar-refractivity contribution in [3.05, 3.63) is 42.1 Å². The van der Waals surface area contributed by atoms with Crippen LogP contribution in [0.25, 0.3) is 11.3 Å². The van der Waals surface area contributed by atoms with Crippen molar-refractivity contribution >= 4 is 12.4 Å². The Hall–Kier alpha value is -1.36. The van der Waals surface area contributed by atoms with Crippen LogP contribution in [0.2, 0.25) is 0 Å². The quantitative estimate of drug-likeness (QED) is 0.917. The highest BCUT2D eigenvalue weighted by Gasteiger charge is 2.20. The zero-order valence-electron chi connectivity index (χ0n) is 12.8. The van der Waals surface area contributed by atoms with Gasteiger partial charge in [0, 0.05) is 24.7 Å². The van der Waals surface area contributed by atoms with Crippen molar-refractivity contribution in [2.45, 2.75) is 25.8 Å². The van der Waals surface area contributed by atoms with Gasteiger partial charge in [0.1, 0.15) is 0 Å². The van der Waals surface area contributed by atoms with Crippen LogP contribution in [0.3, 0.4) is 0 Å². The number of benzene rings is 1. The Morgan fingerprint density at radius 3 is 2.86 bits per heavy atom. The molecule has 2 aromatic rings. The molecule has 0 radical (unpaired) electrons. The van der Waals surface area contributed by atoms with E-state index in [1.165, 1.54) is 12.8 Å². The summed E-state index contributed by atoms with van der Waals surface area (Å²) in [7, 11) is 0. The summed E-state index contributed by atoms with van der Waals surface area (Å²) >= 11 is 0. The molecule has 1 unspecified atom stereocenters. The maximum Gasteiger partial charge on any atom is 0.167 e. The lowest BCUT2D eigenvalue weighted by Gasteiger charge is -2.31. The molecule has 3 rings (SSSR count). The summed E-state index contributed by atoms with van der Waals surface area (Å²) in [5, 5.41) is 4.22. The fourth-order valence-corrected chi connectivity index (χ4v) is 3.12. The van der Waals surface area contributed by atoms with Gasteiger partial charge in [-0.15, -0.1) is 12.4 Å². The lowest BCUT2D eigenvalue weighted by atomic mass is 9.95. The van der Waals surface area contributed by atoms with E-state index >= 15 is 0 Å². The van der Waals surface area contributed by atoms with Crippen molar-refractivity contribution in [2.24, 2.45) is 11.7 Å². The first-order chi connectivity index (χ1) is 10.3. The van der Waals surface area contributed by atoms with E-state index in [2.05, 4.69) is 16.1 Å². The summed E-state index contributed by atoms with van der Waals surface area (Å²) in [5.41, 5.74) is 7.77. The second-order valence-corrected chi connectivity index (χ2v) is 5.87. The van der Waals surface area contributed by atoms with Crippen molar-refractivity contribution in [1.82, 2.24) is 10.1 Å². The first-order valence-electron chi connectivity index (χ1n) is 7.78. The molecule has 1 aliphatic rings. The predicted octanol–water partition coefficient (Wildman–Crippen LogP) is 3.32. The molecule has 0 aliphatic carbocycles. The van der Waals surface area contributed by atoms with Gasteiger partial charge in [0.2, 0.25) is 0 Å². The van der Waals surface area contributed by atoms with Crippen molar-refractivity contribution in [2.75, 3.05) is 19.6 Å². The first-order valence-corrected chi connectivity index (χ1v) is 7.78. The van der Waals surface area contributed by atoms with Gasteiger partial charge >= 0.3 is 0 Å². The number of nitrogens with zero attached hydrogens (tertiary/aromatic N) is 2. The predicted molar refractivity (Wildman–Crippen MR) is 90.9 cm³/mol. The van der Waals surface area contributed by atoms with Crippen LogP contribution in [-0.4, -0.2) is 29.7 Å². The molecule has 0 spiro atoms. The minimum atomic E-state index is 0. The third-order valence-corrected chi connectivity index (χ3v) is 4.18. The van der Waals surface area contributed by atoms with E-state index < -0.39 is 0 Å². The van der Waals surface area contributed by atoms with E-state index in [1.54, 1.807) is 0 Å². The van der Waals surface area contributed by atoms with E-state index in [0.29, 0.717) is 0 Å². The van der Waals surface area contributed by atoms with Gasteiger partial charge in [0.15, 0.2) is 5.76 Å². The Bertz CT molecular complexity index is 556. The summed E-state index contributed by atoms with van der Waals surface area (Å²) in [6, 6.07) is 12.2. The smallest absolute Gasteiger partial charge is 0.167 e. The fourth-order valence-electron chi connectivity index (χ4n) is 3.12. The van der Waals surface area contributed by atoms with Gasteiger partial charge in [-0.1, -0.05) is 35.5 Å². The molecule has 5 heteroatoms. The van der Waals surface area contributed by atoms with Crippen LogP contribution in [0.15, 0.2) is 40.9 Å². The molecule has 0 amide bonds. The van der Waals surface area contributed by atoms with E-state index in [-0.39, 0.29) is 12.4 Å². The SMILES string of the molecule is Cl.NCCC1CCCN(Cc2cc(-c3ccccc3)on2)C1. The first kappa shape index (κ1) is 17.0. The molecule has 0 bridgehead atoms. The van der Waals surface area contributed by atoms with Gasteiger partial charge in [-0.3, -0.25) is 4.90 Å².